The van der Waals surface area contributed by atoms with E-state index in [4.69, 9.17) is 4.74 Å². The average molecular weight is 270 g/mol. The summed E-state index contributed by atoms with van der Waals surface area (Å²) in [6, 6.07) is 17.2. The summed E-state index contributed by atoms with van der Waals surface area (Å²) in [5.41, 5.74) is 2.94. The first-order chi connectivity index (χ1) is 9.36. The Morgan fingerprint density at radius 2 is 1.95 bits per heavy atom. The van der Waals surface area contributed by atoms with E-state index in [1.807, 2.05) is 11.8 Å². The molecule has 0 radical (unpaired) electrons. The van der Waals surface area contributed by atoms with Gasteiger partial charge in [-0.2, -0.15) is 0 Å². The maximum atomic E-state index is 5.33. The van der Waals surface area contributed by atoms with Gasteiger partial charge in [0.15, 0.2) is 0 Å². The molecule has 2 aromatic carbocycles. The quantitative estimate of drug-likeness (QED) is 0.787. The largest absolute Gasteiger partial charge is 0.497 e. The molecule has 0 amide bonds. The summed E-state index contributed by atoms with van der Waals surface area (Å²) < 4.78 is 5.33. The average Bonchev–Trinajstić information content (AvgIpc) is 2.48. The van der Waals surface area contributed by atoms with Gasteiger partial charge in [0, 0.05) is 10.1 Å². The maximum absolute atomic E-state index is 5.33. The fourth-order valence-corrected chi connectivity index (χ4v) is 3.94. The van der Waals surface area contributed by atoms with Crippen LogP contribution in [0, 0.1) is 0 Å². The first-order valence-corrected chi connectivity index (χ1v) is 7.63. The van der Waals surface area contributed by atoms with Gasteiger partial charge in [-0.1, -0.05) is 24.3 Å². The zero-order valence-corrected chi connectivity index (χ0v) is 12.0. The van der Waals surface area contributed by atoms with Crippen molar-refractivity contribution in [2.75, 3.05) is 7.11 Å². The van der Waals surface area contributed by atoms with Crippen LogP contribution in [0.1, 0.15) is 29.2 Å². The van der Waals surface area contributed by atoms with Crippen LogP contribution in [0.2, 0.25) is 0 Å². The molecule has 0 saturated heterocycles. The topological polar surface area (TPSA) is 9.23 Å². The van der Waals surface area contributed by atoms with Gasteiger partial charge in [-0.3, -0.25) is 0 Å². The van der Waals surface area contributed by atoms with E-state index in [2.05, 4.69) is 48.5 Å². The van der Waals surface area contributed by atoms with E-state index in [1.165, 1.54) is 35.3 Å². The molecule has 19 heavy (non-hydrogen) atoms. The molecule has 0 fully saturated rings. The molecule has 1 aliphatic rings. The lowest BCUT2D eigenvalue weighted by Gasteiger charge is -2.25. The van der Waals surface area contributed by atoms with Crippen molar-refractivity contribution in [1.82, 2.24) is 0 Å². The van der Waals surface area contributed by atoms with Gasteiger partial charge < -0.3 is 4.74 Å². The number of benzene rings is 2. The Bertz CT molecular complexity index is 550. The molecule has 2 aromatic rings. The molecule has 1 atom stereocenters. The van der Waals surface area contributed by atoms with Gasteiger partial charge in [0.05, 0.1) is 7.11 Å². The third-order valence-electron chi connectivity index (χ3n) is 3.63. The fourth-order valence-electron chi connectivity index (χ4n) is 2.66. The molecule has 0 bridgehead atoms. The second kappa shape index (κ2) is 5.70. The molecule has 0 saturated carbocycles. The number of thioether (sulfide) groups is 1. The standard InChI is InChI=1S/C17H18OS/c1-18-14-10-11-16-13(12-14)6-5-9-17(16)19-15-7-3-2-4-8-15/h2-4,7-8,10-12,17H,5-6,9H2,1H3. The first kappa shape index (κ1) is 12.6. The smallest absolute Gasteiger partial charge is 0.119 e. The molecule has 98 valence electrons. The summed E-state index contributed by atoms with van der Waals surface area (Å²) >= 11 is 1.98. The highest BCUT2D eigenvalue weighted by Crippen LogP contribution is 2.43. The van der Waals surface area contributed by atoms with Crippen molar-refractivity contribution in [3.63, 3.8) is 0 Å². The van der Waals surface area contributed by atoms with Gasteiger partial charge in [0.2, 0.25) is 0 Å². The van der Waals surface area contributed by atoms with E-state index >= 15 is 0 Å². The molecular weight excluding hydrogens is 252 g/mol. The van der Waals surface area contributed by atoms with Crippen LogP contribution in [0.3, 0.4) is 0 Å². The number of rotatable bonds is 3. The molecule has 2 heteroatoms. The van der Waals surface area contributed by atoms with E-state index in [0.717, 1.165) is 5.75 Å². The number of methoxy groups -OCH3 is 1. The summed E-state index contributed by atoms with van der Waals surface area (Å²) in [5, 5.41) is 0.581. The van der Waals surface area contributed by atoms with Crippen LogP contribution in [0.15, 0.2) is 53.4 Å². The zero-order chi connectivity index (χ0) is 13.1. The Hall–Kier alpha value is -1.41. The minimum Gasteiger partial charge on any atom is -0.497 e. The number of aryl methyl sites for hydroxylation is 1. The van der Waals surface area contributed by atoms with Gasteiger partial charge in [-0.05, 0) is 54.7 Å². The lowest BCUT2D eigenvalue weighted by atomic mass is 9.91. The highest BCUT2D eigenvalue weighted by Gasteiger charge is 2.21. The van der Waals surface area contributed by atoms with Crippen LogP contribution in [0.5, 0.6) is 5.75 Å². The van der Waals surface area contributed by atoms with Crippen LogP contribution >= 0.6 is 11.8 Å². The molecule has 0 aromatic heterocycles. The van der Waals surface area contributed by atoms with Crippen LogP contribution < -0.4 is 4.74 Å². The Morgan fingerprint density at radius 1 is 1.11 bits per heavy atom. The van der Waals surface area contributed by atoms with Crippen molar-refractivity contribution in [2.24, 2.45) is 0 Å². The molecule has 0 aliphatic heterocycles. The lowest BCUT2D eigenvalue weighted by molar-refractivity contribution is 0.413. The number of fused-ring (bicyclic) bond motifs is 1. The SMILES string of the molecule is COc1ccc2c(c1)CCCC2Sc1ccccc1. The Kier molecular flexibility index (Phi) is 3.79. The summed E-state index contributed by atoms with van der Waals surface area (Å²) in [7, 11) is 1.74. The minimum absolute atomic E-state index is 0.581. The van der Waals surface area contributed by atoms with E-state index in [1.54, 1.807) is 7.11 Å². The van der Waals surface area contributed by atoms with Crippen LogP contribution in [0.4, 0.5) is 0 Å². The number of hydrogen-bond donors (Lipinski definition) is 0. The summed E-state index contributed by atoms with van der Waals surface area (Å²) in [5.74, 6) is 0.976. The molecule has 1 aliphatic carbocycles. The van der Waals surface area contributed by atoms with Crippen molar-refractivity contribution in [2.45, 2.75) is 29.4 Å². The maximum Gasteiger partial charge on any atom is 0.119 e. The van der Waals surface area contributed by atoms with Crippen molar-refractivity contribution < 1.29 is 4.74 Å². The zero-order valence-electron chi connectivity index (χ0n) is 11.1. The Morgan fingerprint density at radius 3 is 2.74 bits per heavy atom. The van der Waals surface area contributed by atoms with Crippen LogP contribution in [-0.2, 0) is 6.42 Å². The molecule has 0 heterocycles. The fraction of sp³-hybridized carbons (Fsp3) is 0.294. The third kappa shape index (κ3) is 2.79. The highest BCUT2D eigenvalue weighted by atomic mass is 32.2. The van der Waals surface area contributed by atoms with Gasteiger partial charge in [0.1, 0.15) is 5.75 Å². The molecule has 3 rings (SSSR count). The Labute approximate surface area is 119 Å². The molecule has 1 unspecified atom stereocenters. The predicted octanol–water partition coefficient (Wildman–Crippen LogP) is 4.86. The van der Waals surface area contributed by atoms with Crippen molar-refractivity contribution in [3.8, 4) is 5.75 Å². The Balaban J connectivity index is 1.86. The van der Waals surface area contributed by atoms with Gasteiger partial charge in [-0.25, -0.2) is 0 Å². The number of hydrogen-bond acceptors (Lipinski definition) is 2. The molecule has 0 N–H and O–H groups in total. The number of ether oxygens (including phenoxy) is 1. The van der Waals surface area contributed by atoms with Crippen LogP contribution in [-0.4, -0.2) is 7.11 Å². The van der Waals surface area contributed by atoms with Gasteiger partial charge >= 0.3 is 0 Å². The van der Waals surface area contributed by atoms with E-state index < -0.39 is 0 Å². The normalized spacial score (nSPS) is 17.8. The lowest BCUT2D eigenvalue weighted by Crippen LogP contribution is -2.07. The third-order valence-corrected chi connectivity index (χ3v) is 4.95. The summed E-state index contributed by atoms with van der Waals surface area (Å²) in [4.78, 5) is 1.36. The second-order valence-electron chi connectivity index (χ2n) is 4.88. The first-order valence-electron chi connectivity index (χ1n) is 6.75. The molecular formula is C17H18OS. The monoisotopic (exact) mass is 270 g/mol. The second-order valence-corrected chi connectivity index (χ2v) is 6.15. The van der Waals surface area contributed by atoms with Crippen molar-refractivity contribution in [3.05, 3.63) is 59.7 Å². The van der Waals surface area contributed by atoms with Crippen molar-refractivity contribution in [1.29, 1.82) is 0 Å². The summed E-state index contributed by atoms with van der Waals surface area (Å²) in [6.45, 7) is 0. The predicted molar refractivity (Wildman–Crippen MR) is 81.0 cm³/mol. The summed E-state index contributed by atoms with van der Waals surface area (Å²) in [6.07, 6.45) is 3.71. The van der Waals surface area contributed by atoms with Crippen LogP contribution in [0.25, 0.3) is 0 Å². The van der Waals surface area contributed by atoms with E-state index in [-0.39, 0.29) is 0 Å². The van der Waals surface area contributed by atoms with E-state index in [0.29, 0.717) is 5.25 Å². The minimum atomic E-state index is 0.581. The van der Waals surface area contributed by atoms with Gasteiger partial charge in [0.25, 0.3) is 0 Å². The molecule has 0 spiro atoms. The van der Waals surface area contributed by atoms with Crippen molar-refractivity contribution >= 4 is 11.8 Å². The van der Waals surface area contributed by atoms with E-state index in [9.17, 15) is 0 Å². The molecule has 1 nitrogen and oxygen atoms in total. The highest BCUT2D eigenvalue weighted by molar-refractivity contribution is 7.99. The van der Waals surface area contributed by atoms with Gasteiger partial charge in [-0.15, -0.1) is 11.8 Å².